The molecule has 3 atom stereocenters. The molecule has 1 aliphatic carbocycles. The predicted octanol–water partition coefficient (Wildman–Crippen LogP) is 0.740. The van der Waals surface area contributed by atoms with E-state index in [0.717, 1.165) is 12.8 Å². The van der Waals surface area contributed by atoms with Gasteiger partial charge in [-0.2, -0.15) is 0 Å². The van der Waals surface area contributed by atoms with Crippen LogP contribution in [-0.4, -0.2) is 30.7 Å². The lowest BCUT2D eigenvalue weighted by Gasteiger charge is -2.16. The fourth-order valence-corrected chi connectivity index (χ4v) is 2.65. The molecule has 2 aromatic heterocycles. The van der Waals surface area contributed by atoms with E-state index in [0.29, 0.717) is 22.9 Å². The third kappa shape index (κ3) is 1.56. The molecular formula is C11H15N5O. The van der Waals surface area contributed by atoms with E-state index in [2.05, 4.69) is 21.9 Å². The number of aliphatic hydroxyl groups excluding tert-OH is 1. The Morgan fingerprint density at radius 1 is 1.35 bits per heavy atom. The maximum atomic E-state index is 10.0. The molecule has 6 nitrogen and oxygen atoms in total. The Hall–Kier alpha value is -1.69. The van der Waals surface area contributed by atoms with Gasteiger partial charge in [-0.25, -0.2) is 15.0 Å². The van der Waals surface area contributed by atoms with Crippen LogP contribution in [0.1, 0.15) is 25.8 Å². The van der Waals surface area contributed by atoms with Crippen molar-refractivity contribution in [2.75, 3.05) is 5.73 Å². The van der Waals surface area contributed by atoms with Crippen molar-refractivity contribution in [3.8, 4) is 0 Å². The summed E-state index contributed by atoms with van der Waals surface area (Å²) in [7, 11) is 0. The van der Waals surface area contributed by atoms with Gasteiger partial charge in [0.15, 0.2) is 11.5 Å². The first-order valence-electron chi connectivity index (χ1n) is 5.78. The lowest BCUT2D eigenvalue weighted by Crippen LogP contribution is -2.17. The molecule has 90 valence electrons. The average Bonchev–Trinajstić information content (AvgIpc) is 2.83. The molecule has 3 rings (SSSR count). The SMILES string of the molecule is C[C@@H]1C[C@@H](O)[C@H](n2cnc3c(N)ncnc32)C1. The van der Waals surface area contributed by atoms with Gasteiger partial charge in [-0.3, -0.25) is 0 Å². The topological polar surface area (TPSA) is 89.8 Å². The summed E-state index contributed by atoms with van der Waals surface area (Å²) in [4.78, 5) is 12.3. The van der Waals surface area contributed by atoms with Crippen LogP contribution in [0.2, 0.25) is 0 Å². The van der Waals surface area contributed by atoms with Crippen LogP contribution in [0, 0.1) is 5.92 Å². The fourth-order valence-electron chi connectivity index (χ4n) is 2.65. The number of aromatic nitrogens is 4. The number of hydrogen-bond donors (Lipinski definition) is 2. The van der Waals surface area contributed by atoms with Crippen LogP contribution in [-0.2, 0) is 0 Å². The minimum atomic E-state index is -0.335. The zero-order chi connectivity index (χ0) is 12.0. The number of nitrogen functional groups attached to an aromatic ring is 1. The number of anilines is 1. The molecule has 0 bridgehead atoms. The Morgan fingerprint density at radius 3 is 2.88 bits per heavy atom. The van der Waals surface area contributed by atoms with Crippen LogP contribution < -0.4 is 5.73 Å². The van der Waals surface area contributed by atoms with Crippen molar-refractivity contribution in [2.24, 2.45) is 5.92 Å². The van der Waals surface area contributed by atoms with Crippen molar-refractivity contribution in [1.29, 1.82) is 0 Å². The predicted molar refractivity (Wildman–Crippen MR) is 63.2 cm³/mol. The van der Waals surface area contributed by atoms with Gasteiger partial charge in [0.25, 0.3) is 0 Å². The monoisotopic (exact) mass is 233 g/mol. The summed E-state index contributed by atoms with van der Waals surface area (Å²) in [6.45, 7) is 2.14. The Kier molecular flexibility index (Phi) is 2.25. The molecule has 2 aromatic rings. The van der Waals surface area contributed by atoms with Crippen LogP contribution in [0.15, 0.2) is 12.7 Å². The third-order valence-corrected chi connectivity index (χ3v) is 3.48. The number of aliphatic hydroxyl groups is 1. The molecule has 0 aliphatic heterocycles. The minimum absolute atomic E-state index is 0.0456. The maximum absolute atomic E-state index is 10.0. The first kappa shape index (κ1) is 10.5. The van der Waals surface area contributed by atoms with E-state index in [4.69, 9.17) is 5.73 Å². The van der Waals surface area contributed by atoms with Gasteiger partial charge in [0.2, 0.25) is 0 Å². The maximum Gasteiger partial charge on any atom is 0.165 e. The molecule has 0 saturated heterocycles. The van der Waals surface area contributed by atoms with Crippen molar-refractivity contribution in [3.63, 3.8) is 0 Å². The second-order valence-electron chi connectivity index (χ2n) is 4.79. The number of nitrogens with zero attached hydrogens (tertiary/aromatic N) is 4. The molecule has 2 heterocycles. The molecule has 1 aliphatic rings. The normalized spacial score (nSPS) is 28.9. The first-order valence-corrected chi connectivity index (χ1v) is 5.78. The summed E-state index contributed by atoms with van der Waals surface area (Å²) in [6.07, 6.45) is 4.56. The van der Waals surface area contributed by atoms with Gasteiger partial charge in [0.1, 0.15) is 11.8 Å². The van der Waals surface area contributed by atoms with E-state index in [1.165, 1.54) is 6.33 Å². The molecule has 3 N–H and O–H groups in total. The summed E-state index contributed by atoms with van der Waals surface area (Å²) in [6, 6.07) is 0.0456. The number of rotatable bonds is 1. The highest BCUT2D eigenvalue weighted by Crippen LogP contribution is 2.36. The molecular weight excluding hydrogens is 218 g/mol. The largest absolute Gasteiger partial charge is 0.391 e. The highest BCUT2D eigenvalue weighted by molar-refractivity contribution is 5.81. The lowest BCUT2D eigenvalue weighted by atomic mass is 10.1. The van der Waals surface area contributed by atoms with E-state index >= 15 is 0 Å². The van der Waals surface area contributed by atoms with Crippen molar-refractivity contribution >= 4 is 17.0 Å². The van der Waals surface area contributed by atoms with E-state index in [1.807, 2.05) is 4.57 Å². The lowest BCUT2D eigenvalue weighted by molar-refractivity contribution is 0.136. The third-order valence-electron chi connectivity index (χ3n) is 3.48. The summed E-state index contributed by atoms with van der Waals surface area (Å²) >= 11 is 0. The molecule has 1 saturated carbocycles. The highest BCUT2D eigenvalue weighted by Gasteiger charge is 2.32. The van der Waals surface area contributed by atoms with Gasteiger partial charge in [0.05, 0.1) is 18.5 Å². The zero-order valence-corrected chi connectivity index (χ0v) is 9.61. The van der Waals surface area contributed by atoms with Crippen molar-refractivity contribution in [1.82, 2.24) is 19.5 Å². The Balaban J connectivity index is 2.09. The van der Waals surface area contributed by atoms with Crippen LogP contribution in [0.5, 0.6) is 0 Å². The fraction of sp³-hybridized carbons (Fsp3) is 0.545. The quantitative estimate of drug-likeness (QED) is 0.758. The van der Waals surface area contributed by atoms with Crippen molar-refractivity contribution in [2.45, 2.75) is 31.9 Å². The van der Waals surface area contributed by atoms with Gasteiger partial charge >= 0.3 is 0 Å². The van der Waals surface area contributed by atoms with Crippen LogP contribution in [0.4, 0.5) is 5.82 Å². The molecule has 0 aromatic carbocycles. The molecule has 0 unspecified atom stereocenters. The molecule has 0 amide bonds. The smallest absolute Gasteiger partial charge is 0.165 e. The van der Waals surface area contributed by atoms with Gasteiger partial charge < -0.3 is 15.4 Å². The number of hydrogen-bond acceptors (Lipinski definition) is 5. The van der Waals surface area contributed by atoms with Crippen LogP contribution in [0.25, 0.3) is 11.2 Å². The average molecular weight is 233 g/mol. The molecule has 0 radical (unpaired) electrons. The van der Waals surface area contributed by atoms with Crippen molar-refractivity contribution in [3.05, 3.63) is 12.7 Å². The van der Waals surface area contributed by atoms with Crippen LogP contribution >= 0.6 is 0 Å². The Morgan fingerprint density at radius 2 is 2.18 bits per heavy atom. The van der Waals surface area contributed by atoms with E-state index in [1.54, 1.807) is 6.33 Å². The van der Waals surface area contributed by atoms with Gasteiger partial charge in [-0.05, 0) is 18.8 Å². The van der Waals surface area contributed by atoms with E-state index in [-0.39, 0.29) is 12.1 Å². The van der Waals surface area contributed by atoms with Crippen molar-refractivity contribution < 1.29 is 5.11 Å². The van der Waals surface area contributed by atoms with Gasteiger partial charge in [-0.15, -0.1) is 0 Å². The molecule has 1 fully saturated rings. The molecule has 17 heavy (non-hydrogen) atoms. The van der Waals surface area contributed by atoms with Gasteiger partial charge in [-0.1, -0.05) is 6.92 Å². The van der Waals surface area contributed by atoms with E-state index in [9.17, 15) is 5.11 Å². The Bertz CT molecular complexity index is 552. The molecule has 6 heteroatoms. The number of imidazole rings is 1. The summed E-state index contributed by atoms with van der Waals surface area (Å²) in [5.41, 5.74) is 7.06. The second kappa shape index (κ2) is 3.66. The van der Waals surface area contributed by atoms with Gasteiger partial charge in [0, 0.05) is 0 Å². The van der Waals surface area contributed by atoms with Crippen LogP contribution in [0.3, 0.4) is 0 Å². The standard InChI is InChI=1S/C11H15N5O/c1-6-2-7(8(17)3-6)16-5-15-9-10(12)13-4-14-11(9)16/h4-8,17H,2-3H2,1H3,(H2,12,13,14)/t6-,7+,8+/m0/s1. The second-order valence-corrected chi connectivity index (χ2v) is 4.79. The Labute approximate surface area is 98.5 Å². The summed E-state index contributed by atoms with van der Waals surface area (Å²) < 4.78 is 1.92. The summed E-state index contributed by atoms with van der Waals surface area (Å²) in [5, 5.41) is 10.0. The number of fused-ring (bicyclic) bond motifs is 1. The van der Waals surface area contributed by atoms with E-state index < -0.39 is 0 Å². The zero-order valence-electron chi connectivity index (χ0n) is 9.61. The number of nitrogens with two attached hydrogens (primary N) is 1. The molecule has 0 spiro atoms. The highest BCUT2D eigenvalue weighted by atomic mass is 16.3. The first-order chi connectivity index (χ1) is 8.16. The minimum Gasteiger partial charge on any atom is -0.391 e. The summed E-state index contributed by atoms with van der Waals surface area (Å²) in [5.74, 6) is 0.904.